The summed E-state index contributed by atoms with van der Waals surface area (Å²) in [7, 11) is 0. The number of amidine groups is 1. The van der Waals surface area contributed by atoms with Crippen LogP contribution in [0.2, 0.25) is 10.0 Å². The second-order valence-corrected chi connectivity index (χ2v) is 9.42. The third-order valence-corrected chi connectivity index (χ3v) is 6.76. The van der Waals surface area contributed by atoms with E-state index in [0.29, 0.717) is 26.9 Å². The maximum absolute atomic E-state index is 14.6. The standard InChI is InChI=1S/C26H18Cl2FN3O3S/c1-15(33)17-7-9-18(10-8-17)30-24(34)14-36-26-31-22(13-16-6-11-19(27)20(28)12-16)25(35)32(26)23-5-3-2-4-21(23)29/h2-13H,14H2,1H3,(H,30,34)/b22-13+. The molecule has 0 saturated carbocycles. The van der Waals surface area contributed by atoms with Crippen LogP contribution in [0.1, 0.15) is 22.8 Å². The lowest BCUT2D eigenvalue weighted by molar-refractivity contribution is -0.114. The van der Waals surface area contributed by atoms with Crippen molar-refractivity contribution in [1.29, 1.82) is 0 Å². The Morgan fingerprint density at radius 1 is 1.06 bits per heavy atom. The molecule has 182 valence electrons. The molecular formula is C26H18Cl2FN3O3S. The molecule has 0 aliphatic carbocycles. The van der Waals surface area contributed by atoms with Crippen molar-refractivity contribution in [3.8, 4) is 0 Å². The molecule has 1 N–H and O–H groups in total. The van der Waals surface area contributed by atoms with Crippen molar-refractivity contribution in [3.63, 3.8) is 0 Å². The number of hydrogen-bond acceptors (Lipinski definition) is 5. The van der Waals surface area contributed by atoms with Crippen LogP contribution in [0.15, 0.2) is 77.4 Å². The number of para-hydroxylation sites is 1. The molecule has 0 saturated heterocycles. The highest BCUT2D eigenvalue weighted by Crippen LogP contribution is 2.32. The summed E-state index contributed by atoms with van der Waals surface area (Å²) >= 11 is 13.0. The molecule has 3 aromatic carbocycles. The molecule has 1 aliphatic rings. The third kappa shape index (κ3) is 5.84. The number of Topliss-reactive ketones (excluding diaryl/α,β-unsaturated/α-hetero) is 1. The van der Waals surface area contributed by atoms with Crippen LogP contribution in [-0.2, 0) is 9.59 Å². The number of benzene rings is 3. The van der Waals surface area contributed by atoms with Gasteiger partial charge < -0.3 is 5.32 Å². The lowest BCUT2D eigenvalue weighted by Crippen LogP contribution is -2.32. The number of ketones is 1. The Morgan fingerprint density at radius 3 is 2.44 bits per heavy atom. The number of anilines is 2. The van der Waals surface area contributed by atoms with Crippen molar-refractivity contribution in [2.24, 2.45) is 4.99 Å². The second kappa shape index (κ2) is 11.1. The normalized spacial score (nSPS) is 14.2. The summed E-state index contributed by atoms with van der Waals surface area (Å²) in [6, 6.07) is 17.2. The van der Waals surface area contributed by atoms with Gasteiger partial charge in [-0.25, -0.2) is 9.38 Å². The smallest absolute Gasteiger partial charge is 0.283 e. The fourth-order valence-electron chi connectivity index (χ4n) is 3.31. The van der Waals surface area contributed by atoms with Crippen molar-refractivity contribution in [3.05, 3.63) is 99.4 Å². The van der Waals surface area contributed by atoms with Crippen LogP contribution >= 0.6 is 35.0 Å². The summed E-state index contributed by atoms with van der Waals surface area (Å²) in [6.07, 6.45) is 1.52. The molecule has 4 rings (SSSR count). The molecule has 0 radical (unpaired) electrons. The van der Waals surface area contributed by atoms with Crippen molar-refractivity contribution < 1.29 is 18.8 Å². The average Bonchev–Trinajstić information content (AvgIpc) is 3.15. The highest BCUT2D eigenvalue weighted by Gasteiger charge is 2.34. The largest absolute Gasteiger partial charge is 0.325 e. The van der Waals surface area contributed by atoms with Gasteiger partial charge in [-0.3, -0.25) is 19.3 Å². The van der Waals surface area contributed by atoms with Crippen LogP contribution in [0, 0.1) is 5.82 Å². The number of halogens is 3. The maximum atomic E-state index is 14.6. The number of nitrogens with one attached hydrogen (secondary N) is 1. The topological polar surface area (TPSA) is 78.8 Å². The van der Waals surface area contributed by atoms with Crippen molar-refractivity contribution in [1.82, 2.24) is 0 Å². The van der Waals surface area contributed by atoms with Crippen LogP contribution in [0.4, 0.5) is 15.8 Å². The summed E-state index contributed by atoms with van der Waals surface area (Å²) in [5.74, 6) is -1.68. The SMILES string of the molecule is CC(=O)c1ccc(NC(=O)CSC2=N/C(=C/c3ccc(Cl)c(Cl)c3)C(=O)N2c2ccccc2F)cc1. The van der Waals surface area contributed by atoms with Crippen LogP contribution < -0.4 is 10.2 Å². The van der Waals surface area contributed by atoms with Gasteiger partial charge in [0.2, 0.25) is 5.91 Å². The van der Waals surface area contributed by atoms with Gasteiger partial charge in [-0.1, -0.05) is 53.2 Å². The van der Waals surface area contributed by atoms with E-state index in [1.54, 1.807) is 48.5 Å². The minimum absolute atomic E-state index is 0.0199. The maximum Gasteiger partial charge on any atom is 0.283 e. The molecule has 0 fully saturated rings. The third-order valence-electron chi connectivity index (χ3n) is 5.08. The summed E-state index contributed by atoms with van der Waals surface area (Å²) < 4.78 is 14.6. The average molecular weight is 542 g/mol. The Labute approximate surface area is 220 Å². The van der Waals surface area contributed by atoms with E-state index in [2.05, 4.69) is 10.3 Å². The molecular weight excluding hydrogens is 524 g/mol. The summed E-state index contributed by atoms with van der Waals surface area (Å²) in [4.78, 5) is 42.7. The van der Waals surface area contributed by atoms with Gasteiger partial charge in [-0.15, -0.1) is 0 Å². The van der Waals surface area contributed by atoms with Gasteiger partial charge in [0, 0.05) is 11.3 Å². The van der Waals surface area contributed by atoms with Gasteiger partial charge in [0.15, 0.2) is 11.0 Å². The van der Waals surface area contributed by atoms with Gasteiger partial charge in [0.05, 0.1) is 21.5 Å². The summed E-state index contributed by atoms with van der Waals surface area (Å²) in [5.41, 5.74) is 1.71. The van der Waals surface area contributed by atoms with Gasteiger partial charge in [-0.05, 0) is 67.1 Å². The molecule has 0 atom stereocenters. The minimum Gasteiger partial charge on any atom is -0.325 e. The van der Waals surface area contributed by atoms with Crippen molar-refractivity contribution >= 4 is 75.2 Å². The molecule has 3 aromatic rings. The van der Waals surface area contributed by atoms with Crippen LogP contribution in [0.25, 0.3) is 6.08 Å². The molecule has 10 heteroatoms. The first-order valence-electron chi connectivity index (χ1n) is 10.6. The highest BCUT2D eigenvalue weighted by molar-refractivity contribution is 8.14. The molecule has 0 unspecified atom stereocenters. The van der Waals surface area contributed by atoms with Crippen LogP contribution in [0.3, 0.4) is 0 Å². The summed E-state index contributed by atoms with van der Waals surface area (Å²) in [5, 5.41) is 3.56. The first-order valence-corrected chi connectivity index (χ1v) is 12.3. The lowest BCUT2D eigenvalue weighted by Gasteiger charge is -2.18. The first-order chi connectivity index (χ1) is 17.2. The predicted octanol–water partition coefficient (Wildman–Crippen LogP) is 6.45. The van der Waals surface area contributed by atoms with Crippen LogP contribution in [-0.4, -0.2) is 28.5 Å². The molecule has 36 heavy (non-hydrogen) atoms. The minimum atomic E-state index is -0.607. The summed E-state index contributed by atoms with van der Waals surface area (Å²) in [6.45, 7) is 1.46. The molecule has 2 amide bonds. The Morgan fingerprint density at radius 2 is 1.78 bits per heavy atom. The Balaban J connectivity index is 1.56. The number of thioether (sulfide) groups is 1. The zero-order chi connectivity index (χ0) is 25.8. The van der Waals surface area contributed by atoms with Gasteiger partial charge in [0.25, 0.3) is 5.91 Å². The van der Waals surface area contributed by atoms with E-state index in [0.717, 1.165) is 16.7 Å². The number of carbonyl (C=O) groups is 3. The quantitative estimate of drug-likeness (QED) is 0.287. The van der Waals surface area contributed by atoms with E-state index in [9.17, 15) is 18.8 Å². The van der Waals surface area contributed by atoms with E-state index in [1.807, 2.05) is 0 Å². The van der Waals surface area contributed by atoms with Crippen LogP contribution in [0.5, 0.6) is 0 Å². The van der Waals surface area contributed by atoms with E-state index >= 15 is 0 Å². The lowest BCUT2D eigenvalue weighted by atomic mass is 10.1. The predicted molar refractivity (Wildman–Crippen MR) is 143 cm³/mol. The Kier molecular flexibility index (Phi) is 7.88. The van der Waals surface area contributed by atoms with Gasteiger partial charge in [0.1, 0.15) is 11.5 Å². The fourth-order valence-corrected chi connectivity index (χ4v) is 4.43. The number of rotatable bonds is 6. The van der Waals surface area contributed by atoms with Gasteiger partial charge >= 0.3 is 0 Å². The number of nitrogens with zero attached hydrogens (tertiary/aromatic N) is 2. The first kappa shape index (κ1) is 25.6. The Bertz CT molecular complexity index is 1420. The Hall–Kier alpha value is -3.46. The number of carbonyl (C=O) groups excluding carboxylic acids is 3. The van der Waals surface area contributed by atoms with E-state index in [4.69, 9.17) is 23.2 Å². The van der Waals surface area contributed by atoms with E-state index in [-0.39, 0.29) is 34.0 Å². The van der Waals surface area contributed by atoms with E-state index in [1.165, 1.54) is 31.2 Å². The fraction of sp³-hybridized carbons (Fsp3) is 0.0769. The monoisotopic (exact) mass is 541 g/mol. The molecule has 1 aliphatic heterocycles. The zero-order valence-electron chi connectivity index (χ0n) is 18.8. The molecule has 6 nitrogen and oxygen atoms in total. The molecule has 0 bridgehead atoms. The van der Waals surface area contributed by atoms with Crippen molar-refractivity contribution in [2.75, 3.05) is 16.0 Å². The second-order valence-electron chi connectivity index (χ2n) is 7.66. The zero-order valence-corrected chi connectivity index (χ0v) is 21.1. The highest BCUT2D eigenvalue weighted by atomic mass is 35.5. The molecule has 1 heterocycles. The number of aliphatic imine (C=N–C) groups is 1. The van der Waals surface area contributed by atoms with Gasteiger partial charge in [-0.2, -0.15) is 0 Å². The molecule has 0 spiro atoms. The number of hydrogen-bond donors (Lipinski definition) is 1. The van der Waals surface area contributed by atoms with Crippen molar-refractivity contribution in [2.45, 2.75) is 6.92 Å². The number of amides is 2. The molecule has 0 aromatic heterocycles. The van der Waals surface area contributed by atoms with E-state index < -0.39 is 11.7 Å².